The lowest BCUT2D eigenvalue weighted by atomic mass is 10.4. The Kier molecular flexibility index (Phi) is 2.58. The normalized spacial score (nSPS) is 10.6. The van der Waals surface area contributed by atoms with E-state index in [0.717, 1.165) is 25.2 Å². The molecule has 2 heterocycles. The molecular weight excluding hydrogens is 178 g/mol. The van der Waals surface area contributed by atoms with E-state index in [2.05, 4.69) is 26.6 Å². The van der Waals surface area contributed by atoms with Gasteiger partial charge in [-0.25, -0.2) is 14.6 Å². The lowest BCUT2D eigenvalue weighted by molar-refractivity contribution is 0.596. The molecule has 14 heavy (non-hydrogen) atoms. The topological polar surface area (TPSA) is 48.5 Å². The molecule has 0 aliphatic heterocycles. The highest BCUT2D eigenvalue weighted by molar-refractivity contribution is 4.98. The number of hydrogen-bond donors (Lipinski definition) is 0. The summed E-state index contributed by atoms with van der Waals surface area (Å²) in [5.74, 6) is 0. The SMILES string of the molecule is CCCn1cncc1Cn1cncn1. The Bertz CT molecular complexity index is 376. The van der Waals surface area contributed by atoms with Crippen LogP contribution < -0.4 is 0 Å². The molecule has 0 bridgehead atoms. The zero-order valence-corrected chi connectivity index (χ0v) is 8.17. The summed E-state index contributed by atoms with van der Waals surface area (Å²) in [7, 11) is 0. The first-order valence-electron chi connectivity index (χ1n) is 4.71. The zero-order valence-electron chi connectivity index (χ0n) is 8.17. The molecule has 0 fully saturated rings. The van der Waals surface area contributed by atoms with Crippen LogP contribution in [0, 0.1) is 0 Å². The molecule has 0 saturated carbocycles. The monoisotopic (exact) mass is 191 g/mol. The number of hydrogen-bond acceptors (Lipinski definition) is 3. The molecule has 0 atom stereocenters. The van der Waals surface area contributed by atoms with Crippen molar-refractivity contribution >= 4 is 0 Å². The molecule has 0 aromatic carbocycles. The molecule has 5 nitrogen and oxygen atoms in total. The van der Waals surface area contributed by atoms with Crippen LogP contribution in [0.3, 0.4) is 0 Å². The van der Waals surface area contributed by atoms with Gasteiger partial charge in [0.1, 0.15) is 12.7 Å². The van der Waals surface area contributed by atoms with Crippen molar-refractivity contribution in [1.82, 2.24) is 24.3 Å². The van der Waals surface area contributed by atoms with Gasteiger partial charge in [0.25, 0.3) is 0 Å². The van der Waals surface area contributed by atoms with Crippen molar-refractivity contribution in [3.05, 3.63) is 30.9 Å². The van der Waals surface area contributed by atoms with E-state index in [9.17, 15) is 0 Å². The molecule has 74 valence electrons. The maximum absolute atomic E-state index is 4.12. The Morgan fingerprint density at radius 2 is 2.21 bits per heavy atom. The molecule has 0 radical (unpaired) electrons. The first-order chi connectivity index (χ1) is 6.90. The van der Waals surface area contributed by atoms with E-state index in [-0.39, 0.29) is 0 Å². The van der Waals surface area contributed by atoms with Crippen molar-refractivity contribution in [3.8, 4) is 0 Å². The van der Waals surface area contributed by atoms with Crippen molar-refractivity contribution in [3.63, 3.8) is 0 Å². The smallest absolute Gasteiger partial charge is 0.137 e. The van der Waals surface area contributed by atoms with Gasteiger partial charge in [0.2, 0.25) is 0 Å². The predicted molar refractivity (Wildman–Crippen MR) is 51.6 cm³/mol. The number of aryl methyl sites for hydroxylation is 1. The van der Waals surface area contributed by atoms with Crippen LogP contribution >= 0.6 is 0 Å². The lowest BCUT2D eigenvalue weighted by Gasteiger charge is -2.05. The van der Waals surface area contributed by atoms with Gasteiger partial charge in [-0.15, -0.1) is 0 Å². The van der Waals surface area contributed by atoms with Crippen molar-refractivity contribution < 1.29 is 0 Å². The highest BCUT2D eigenvalue weighted by Gasteiger charge is 2.01. The van der Waals surface area contributed by atoms with Crippen LogP contribution in [-0.4, -0.2) is 24.3 Å². The molecule has 5 heteroatoms. The molecular formula is C9H13N5. The third-order valence-corrected chi connectivity index (χ3v) is 2.05. The van der Waals surface area contributed by atoms with E-state index >= 15 is 0 Å². The van der Waals surface area contributed by atoms with Crippen LogP contribution in [0.25, 0.3) is 0 Å². The van der Waals surface area contributed by atoms with Gasteiger partial charge >= 0.3 is 0 Å². The van der Waals surface area contributed by atoms with E-state index in [1.807, 2.05) is 12.5 Å². The lowest BCUT2D eigenvalue weighted by Crippen LogP contribution is -2.07. The highest BCUT2D eigenvalue weighted by Crippen LogP contribution is 2.02. The number of imidazole rings is 1. The molecule has 0 unspecified atom stereocenters. The first-order valence-corrected chi connectivity index (χ1v) is 4.71. The average Bonchev–Trinajstić information content (AvgIpc) is 2.80. The summed E-state index contributed by atoms with van der Waals surface area (Å²) < 4.78 is 3.94. The van der Waals surface area contributed by atoms with Crippen molar-refractivity contribution in [2.45, 2.75) is 26.4 Å². The Morgan fingerprint density at radius 3 is 2.93 bits per heavy atom. The summed E-state index contributed by atoms with van der Waals surface area (Å²) in [6, 6.07) is 0. The number of nitrogens with zero attached hydrogens (tertiary/aromatic N) is 5. The minimum atomic E-state index is 0.736. The molecule has 0 N–H and O–H groups in total. The average molecular weight is 191 g/mol. The van der Waals surface area contributed by atoms with Gasteiger partial charge in [-0.3, -0.25) is 0 Å². The van der Waals surface area contributed by atoms with E-state index in [1.54, 1.807) is 17.3 Å². The van der Waals surface area contributed by atoms with Crippen molar-refractivity contribution in [1.29, 1.82) is 0 Å². The summed E-state index contributed by atoms with van der Waals surface area (Å²) in [4.78, 5) is 8.02. The fourth-order valence-electron chi connectivity index (χ4n) is 1.40. The molecule has 0 saturated heterocycles. The van der Waals surface area contributed by atoms with Crippen molar-refractivity contribution in [2.75, 3.05) is 0 Å². The Labute approximate surface area is 82.4 Å². The van der Waals surface area contributed by atoms with Crippen LogP contribution in [0.2, 0.25) is 0 Å². The van der Waals surface area contributed by atoms with Gasteiger partial charge in [0, 0.05) is 6.54 Å². The molecule has 2 aromatic heterocycles. The van der Waals surface area contributed by atoms with Crippen molar-refractivity contribution in [2.24, 2.45) is 0 Å². The molecule has 2 rings (SSSR count). The standard InChI is InChI=1S/C9H13N5/c1-2-3-13-7-10-4-9(13)5-14-8-11-6-12-14/h4,6-8H,2-3,5H2,1H3. The van der Waals surface area contributed by atoms with Gasteiger partial charge in [-0.05, 0) is 6.42 Å². The third-order valence-electron chi connectivity index (χ3n) is 2.05. The van der Waals surface area contributed by atoms with Gasteiger partial charge < -0.3 is 4.57 Å². The van der Waals surface area contributed by atoms with Gasteiger partial charge in [-0.2, -0.15) is 5.10 Å². The summed E-state index contributed by atoms with van der Waals surface area (Å²) >= 11 is 0. The summed E-state index contributed by atoms with van der Waals surface area (Å²) in [5.41, 5.74) is 1.16. The molecule has 0 amide bonds. The summed E-state index contributed by atoms with van der Waals surface area (Å²) in [6.45, 7) is 3.89. The number of rotatable bonds is 4. The van der Waals surface area contributed by atoms with E-state index in [0.29, 0.717) is 0 Å². The van der Waals surface area contributed by atoms with E-state index in [1.165, 1.54) is 0 Å². The summed E-state index contributed by atoms with van der Waals surface area (Å²) in [6.07, 6.45) is 8.09. The zero-order chi connectivity index (χ0) is 9.80. The number of aromatic nitrogens is 5. The fourth-order valence-corrected chi connectivity index (χ4v) is 1.40. The van der Waals surface area contributed by atoms with E-state index in [4.69, 9.17) is 0 Å². The van der Waals surface area contributed by atoms with Crippen LogP contribution in [-0.2, 0) is 13.1 Å². The highest BCUT2D eigenvalue weighted by atomic mass is 15.3. The second-order valence-electron chi connectivity index (χ2n) is 3.17. The molecule has 2 aromatic rings. The largest absolute Gasteiger partial charge is 0.333 e. The fraction of sp³-hybridized carbons (Fsp3) is 0.444. The Morgan fingerprint density at radius 1 is 1.29 bits per heavy atom. The Balaban J connectivity index is 2.12. The maximum atomic E-state index is 4.12. The second-order valence-corrected chi connectivity index (χ2v) is 3.17. The molecule has 0 aliphatic carbocycles. The third kappa shape index (κ3) is 1.81. The summed E-state index contributed by atoms with van der Waals surface area (Å²) in [5, 5.41) is 4.06. The van der Waals surface area contributed by atoms with E-state index < -0.39 is 0 Å². The second kappa shape index (κ2) is 4.04. The minimum absolute atomic E-state index is 0.736. The van der Waals surface area contributed by atoms with Gasteiger partial charge in [0.15, 0.2) is 0 Å². The molecule has 0 spiro atoms. The van der Waals surface area contributed by atoms with Gasteiger partial charge in [-0.1, -0.05) is 6.92 Å². The van der Waals surface area contributed by atoms with Gasteiger partial charge in [0.05, 0.1) is 24.8 Å². The first kappa shape index (κ1) is 8.93. The Hall–Kier alpha value is -1.65. The van der Waals surface area contributed by atoms with Crippen LogP contribution in [0.15, 0.2) is 25.2 Å². The van der Waals surface area contributed by atoms with Crippen LogP contribution in [0.5, 0.6) is 0 Å². The molecule has 0 aliphatic rings. The predicted octanol–water partition coefficient (Wildman–Crippen LogP) is 0.933. The van der Waals surface area contributed by atoms with Crippen LogP contribution in [0.1, 0.15) is 19.0 Å². The van der Waals surface area contributed by atoms with Crippen LogP contribution in [0.4, 0.5) is 0 Å². The minimum Gasteiger partial charge on any atom is -0.333 e. The maximum Gasteiger partial charge on any atom is 0.137 e. The quantitative estimate of drug-likeness (QED) is 0.722.